The van der Waals surface area contributed by atoms with E-state index in [1.165, 1.54) is 0 Å². The van der Waals surface area contributed by atoms with Crippen molar-refractivity contribution in [1.82, 2.24) is 19.4 Å². The lowest BCUT2D eigenvalue weighted by Crippen LogP contribution is -2.37. The summed E-state index contributed by atoms with van der Waals surface area (Å²) >= 11 is 1.64. The molecule has 1 N–H and O–H groups in total. The van der Waals surface area contributed by atoms with Crippen LogP contribution in [0.5, 0.6) is 0 Å². The topological polar surface area (TPSA) is 80.5 Å². The van der Waals surface area contributed by atoms with Crippen molar-refractivity contribution in [2.45, 2.75) is 53.0 Å². The molecule has 0 aliphatic carbocycles. The third kappa shape index (κ3) is 4.61. The fraction of sp³-hybridized carbons (Fsp3) is 0.375. The second-order valence-corrected chi connectivity index (χ2v) is 9.63. The van der Waals surface area contributed by atoms with Crippen LogP contribution in [0.15, 0.2) is 41.9 Å². The highest BCUT2D eigenvalue weighted by Gasteiger charge is 2.24. The van der Waals surface area contributed by atoms with E-state index in [1.807, 2.05) is 63.4 Å². The number of aliphatic hydroxyl groups is 1. The van der Waals surface area contributed by atoms with Crippen LogP contribution >= 0.6 is 11.3 Å². The summed E-state index contributed by atoms with van der Waals surface area (Å²) < 4.78 is 8.84. The molecule has 0 spiro atoms. The maximum absolute atomic E-state index is 12.8. The van der Waals surface area contributed by atoms with Crippen LogP contribution in [0.25, 0.3) is 21.3 Å². The van der Waals surface area contributed by atoms with Crippen molar-refractivity contribution in [3.8, 4) is 0 Å². The summed E-state index contributed by atoms with van der Waals surface area (Å²) in [4.78, 5) is 23.8. The number of benzene rings is 1. The molecule has 168 valence electrons. The fourth-order valence-corrected chi connectivity index (χ4v) is 4.49. The highest BCUT2D eigenvalue weighted by molar-refractivity contribution is 7.18. The number of nitrogens with zero attached hydrogens (tertiary/aromatic N) is 4. The molecule has 1 amide bonds. The van der Waals surface area contributed by atoms with Gasteiger partial charge in [-0.25, -0.2) is 9.78 Å². The first kappa shape index (κ1) is 22.2. The summed E-state index contributed by atoms with van der Waals surface area (Å²) in [7, 11) is 0. The lowest BCUT2D eigenvalue weighted by Gasteiger charge is -2.26. The fourth-order valence-electron chi connectivity index (χ4n) is 3.59. The molecule has 0 unspecified atom stereocenters. The third-order valence-corrected chi connectivity index (χ3v) is 6.08. The molecule has 0 aliphatic rings. The highest BCUT2D eigenvalue weighted by Crippen LogP contribution is 2.30. The van der Waals surface area contributed by atoms with Gasteiger partial charge in [-0.3, -0.25) is 4.98 Å². The van der Waals surface area contributed by atoms with Crippen LogP contribution in [0.2, 0.25) is 0 Å². The molecule has 3 heterocycles. The number of aliphatic hydroxyl groups excluding tert-OH is 1. The Labute approximate surface area is 191 Å². The largest absolute Gasteiger partial charge is 0.444 e. The summed E-state index contributed by atoms with van der Waals surface area (Å²) in [6.07, 6.45) is 1.44. The molecule has 8 heteroatoms. The SMILES string of the molecule is CCN(Cc1nc2cnc3ccsc3c2n1Cc1ccc(CO)cc1)C(=O)OC(C)(C)C. The highest BCUT2D eigenvalue weighted by atomic mass is 32.1. The van der Waals surface area contributed by atoms with Gasteiger partial charge in [-0.2, -0.15) is 0 Å². The first-order valence-corrected chi connectivity index (χ1v) is 11.5. The lowest BCUT2D eigenvalue weighted by molar-refractivity contribution is 0.0238. The van der Waals surface area contributed by atoms with Crippen LogP contribution in [0, 0.1) is 0 Å². The number of aromatic nitrogens is 3. The van der Waals surface area contributed by atoms with Gasteiger partial charge in [-0.15, -0.1) is 11.3 Å². The van der Waals surface area contributed by atoms with Crippen molar-refractivity contribution in [3.63, 3.8) is 0 Å². The molecular weight excluding hydrogens is 424 g/mol. The Morgan fingerprint density at radius 1 is 1.16 bits per heavy atom. The van der Waals surface area contributed by atoms with E-state index in [0.717, 1.165) is 38.2 Å². The molecule has 1 aromatic carbocycles. The van der Waals surface area contributed by atoms with Gasteiger partial charge in [-0.05, 0) is 50.3 Å². The predicted octanol–water partition coefficient (Wildman–Crippen LogP) is 4.94. The van der Waals surface area contributed by atoms with Gasteiger partial charge >= 0.3 is 6.09 Å². The first-order valence-electron chi connectivity index (χ1n) is 10.7. The minimum Gasteiger partial charge on any atom is -0.444 e. The van der Waals surface area contributed by atoms with E-state index in [1.54, 1.807) is 22.4 Å². The number of pyridine rings is 1. The normalized spacial score (nSPS) is 11.9. The van der Waals surface area contributed by atoms with Crippen LogP contribution in [-0.4, -0.2) is 42.8 Å². The van der Waals surface area contributed by atoms with Crippen LogP contribution in [0.3, 0.4) is 0 Å². The quantitative estimate of drug-likeness (QED) is 0.448. The number of thiophene rings is 1. The van der Waals surface area contributed by atoms with Gasteiger partial charge in [0.15, 0.2) is 0 Å². The molecular formula is C24H28N4O3S. The van der Waals surface area contributed by atoms with Crippen molar-refractivity contribution in [3.05, 3.63) is 58.9 Å². The molecule has 0 saturated carbocycles. The number of ether oxygens (including phenoxy) is 1. The van der Waals surface area contributed by atoms with E-state index in [9.17, 15) is 9.90 Å². The molecule has 0 radical (unpaired) electrons. The average Bonchev–Trinajstić information content (AvgIpc) is 3.35. The Morgan fingerprint density at radius 3 is 2.53 bits per heavy atom. The number of rotatable bonds is 6. The molecule has 0 saturated heterocycles. The third-order valence-electron chi connectivity index (χ3n) is 5.17. The van der Waals surface area contributed by atoms with Crippen molar-refractivity contribution >= 4 is 38.7 Å². The summed E-state index contributed by atoms with van der Waals surface area (Å²) in [5.74, 6) is 0.779. The lowest BCUT2D eigenvalue weighted by atomic mass is 10.1. The number of amides is 1. The number of imidazole rings is 1. The van der Waals surface area contributed by atoms with E-state index in [4.69, 9.17) is 9.72 Å². The zero-order valence-corrected chi connectivity index (χ0v) is 19.6. The second kappa shape index (κ2) is 8.88. The van der Waals surface area contributed by atoms with Crippen LogP contribution in [0.1, 0.15) is 44.6 Å². The van der Waals surface area contributed by atoms with E-state index < -0.39 is 5.60 Å². The Bertz CT molecular complexity index is 1240. The number of hydrogen-bond acceptors (Lipinski definition) is 6. The first-order chi connectivity index (χ1) is 15.3. The maximum Gasteiger partial charge on any atom is 0.410 e. The van der Waals surface area contributed by atoms with Gasteiger partial charge in [-0.1, -0.05) is 24.3 Å². The van der Waals surface area contributed by atoms with Crippen molar-refractivity contribution in [1.29, 1.82) is 0 Å². The number of carbonyl (C=O) groups is 1. The van der Waals surface area contributed by atoms with Crippen molar-refractivity contribution in [2.24, 2.45) is 0 Å². The van der Waals surface area contributed by atoms with Gasteiger partial charge in [0, 0.05) is 13.1 Å². The van der Waals surface area contributed by atoms with Gasteiger partial charge in [0.1, 0.15) is 16.9 Å². The molecule has 4 rings (SSSR count). The number of fused-ring (bicyclic) bond motifs is 3. The average molecular weight is 453 g/mol. The molecule has 7 nitrogen and oxygen atoms in total. The molecule has 32 heavy (non-hydrogen) atoms. The smallest absolute Gasteiger partial charge is 0.410 e. The Balaban J connectivity index is 1.77. The molecule has 0 bridgehead atoms. The van der Waals surface area contributed by atoms with Crippen LogP contribution in [-0.2, 0) is 24.4 Å². The summed E-state index contributed by atoms with van der Waals surface area (Å²) in [6.45, 7) is 8.99. The molecule has 3 aromatic heterocycles. The van der Waals surface area contributed by atoms with E-state index in [0.29, 0.717) is 19.6 Å². The van der Waals surface area contributed by atoms with Crippen LogP contribution < -0.4 is 0 Å². The summed E-state index contributed by atoms with van der Waals surface area (Å²) in [5.41, 5.74) is 4.16. The second-order valence-electron chi connectivity index (χ2n) is 8.71. The number of carbonyl (C=O) groups excluding carboxylic acids is 1. The molecule has 0 aliphatic heterocycles. The van der Waals surface area contributed by atoms with Gasteiger partial charge in [0.2, 0.25) is 0 Å². The minimum atomic E-state index is -0.563. The van der Waals surface area contributed by atoms with E-state index in [2.05, 4.69) is 9.55 Å². The Morgan fingerprint density at radius 2 is 1.88 bits per heavy atom. The Hall–Kier alpha value is -2.97. The molecule has 0 fully saturated rings. The summed E-state index contributed by atoms with van der Waals surface area (Å²) in [5, 5.41) is 11.4. The molecule has 0 atom stereocenters. The van der Waals surface area contributed by atoms with Gasteiger partial charge in [0.25, 0.3) is 0 Å². The zero-order chi connectivity index (χ0) is 22.9. The monoisotopic (exact) mass is 452 g/mol. The van der Waals surface area contributed by atoms with Gasteiger partial charge < -0.3 is 19.3 Å². The van der Waals surface area contributed by atoms with Crippen molar-refractivity contribution in [2.75, 3.05) is 6.54 Å². The summed E-state index contributed by atoms with van der Waals surface area (Å²) in [6, 6.07) is 9.88. The zero-order valence-electron chi connectivity index (χ0n) is 18.8. The van der Waals surface area contributed by atoms with Crippen molar-refractivity contribution < 1.29 is 14.6 Å². The molecule has 4 aromatic rings. The maximum atomic E-state index is 12.8. The van der Waals surface area contributed by atoms with Gasteiger partial charge in [0.05, 0.1) is 35.1 Å². The van der Waals surface area contributed by atoms with Crippen LogP contribution in [0.4, 0.5) is 4.79 Å². The standard InChI is InChI=1S/C24H28N4O3S/c1-5-27(23(30)31-24(2,3)4)14-20-26-19-12-25-18-10-11-32-22(18)21(19)28(20)13-16-6-8-17(15-29)9-7-16/h6-12,29H,5,13-15H2,1-4H3. The van der Waals surface area contributed by atoms with E-state index in [-0.39, 0.29) is 12.7 Å². The Kier molecular flexibility index (Phi) is 6.17. The number of hydrogen-bond donors (Lipinski definition) is 1. The van der Waals surface area contributed by atoms with E-state index >= 15 is 0 Å². The predicted molar refractivity (Wildman–Crippen MR) is 127 cm³/mol. The minimum absolute atomic E-state index is 0.0162.